The van der Waals surface area contributed by atoms with Crippen molar-refractivity contribution in [3.05, 3.63) is 34.8 Å². The lowest BCUT2D eigenvalue weighted by Crippen LogP contribution is -2.35. The van der Waals surface area contributed by atoms with Crippen LogP contribution in [0.15, 0.2) is 12.3 Å². The maximum Gasteiger partial charge on any atom is 0.417 e. The Morgan fingerprint density at radius 2 is 2.04 bits per heavy atom. The third-order valence-corrected chi connectivity index (χ3v) is 5.47. The predicted molar refractivity (Wildman–Crippen MR) is 97.3 cm³/mol. The average molecular weight is 393 g/mol. The zero-order valence-corrected chi connectivity index (χ0v) is 15.9. The zero-order valence-electron chi connectivity index (χ0n) is 15.9. The van der Waals surface area contributed by atoms with E-state index in [-0.39, 0.29) is 5.91 Å². The summed E-state index contributed by atoms with van der Waals surface area (Å²) in [6.45, 7) is 5.82. The highest BCUT2D eigenvalue weighted by Crippen LogP contribution is 2.39. The van der Waals surface area contributed by atoms with Crippen LogP contribution >= 0.6 is 0 Å². The van der Waals surface area contributed by atoms with E-state index in [9.17, 15) is 18.0 Å². The molecule has 2 aromatic rings. The van der Waals surface area contributed by atoms with Crippen LogP contribution in [0.3, 0.4) is 0 Å². The van der Waals surface area contributed by atoms with Gasteiger partial charge in [0.25, 0.3) is 0 Å². The molecule has 0 aliphatic carbocycles. The highest BCUT2D eigenvalue weighted by atomic mass is 19.4. The smallest absolute Gasteiger partial charge is 0.338 e. The van der Waals surface area contributed by atoms with Crippen molar-refractivity contribution < 1.29 is 18.0 Å². The lowest BCUT2D eigenvalue weighted by atomic mass is 10.0. The second-order valence-corrected chi connectivity index (χ2v) is 7.20. The summed E-state index contributed by atoms with van der Waals surface area (Å²) in [7, 11) is 0. The third kappa shape index (κ3) is 3.12. The number of amides is 1. The Kier molecular flexibility index (Phi) is 4.55. The van der Waals surface area contributed by atoms with Crippen LogP contribution in [0.25, 0.3) is 0 Å². The second kappa shape index (κ2) is 6.79. The van der Waals surface area contributed by atoms with Crippen LogP contribution in [0.5, 0.6) is 0 Å². The standard InChI is InChI=1S/C19H22F3N5O/c1-3-27-16-6-8-25(12(2)28)11-14(16)18(24-27)26-7-4-5-15-17(26)9-13(10-23-15)19(20,21)22/h9-10H,3-8,11H2,1-2H3. The summed E-state index contributed by atoms with van der Waals surface area (Å²) in [4.78, 5) is 19.6. The molecule has 0 aromatic carbocycles. The number of carbonyl (C=O) groups excluding carboxylic acids is 1. The van der Waals surface area contributed by atoms with E-state index in [1.807, 2.05) is 16.5 Å². The van der Waals surface area contributed by atoms with Crippen LogP contribution in [-0.2, 0) is 36.9 Å². The number of aromatic nitrogens is 3. The molecule has 0 saturated carbocycles. The molecule has 6 nitrogen and oxygen atoms in total. The van der Waals surface area contributed by atoms with E-state index >= 15 is 0 Å². The van der Waals surface area contributed by atoms with Crippen LogP contribution in [0.2, 0.25) is 0 Å². The first-order valence-corrected chi connectivity index (χ1v) is 9.47. The molecule has 4 rings (SSSR count). The normalized spacial score (nSPS) is 16.8. The molecule has 0 bridgehead atoms. The molecule has 0 radical (unpaired) electrons. The molecular weight excluding hydrogens is 371 g/mol. The molecule has 0 N–H and O–H groups in total. The third-order valence-electron chi connectivity index (χ3n) is 5.47. The largest absolute Gasteiger partial charge is 0.417 e. The molecule has 1 amide bonds. The van der Waals surface area contributed by atoms with Gasteiger partial charge in [-0.1, -0.05) is 0 Å². The van der Waals surface area contributed by atoms with E-state index in [2.05, 4.69) is 4.98 Å². The molecule has 2 aliphatic rings. The van der Waals surface area contributed by atoms with E-state index in [0.29, 0.717) is 56.2 Å². The first kappa shape index (κ1) is 18.8. The van der Waals surface area contributed by atoms with Gasteiger partial charge in [0.05, 0.1) is 23.5 Å². The Hall–Kier alpha value is -2.58. The number of anilines is 2. The van der Waals surface area contributed by atoms with E-state index in [1.165, 1.54) is 13.0 Å². The Balaban J connectivity index is 1.81. The van der Waals surface area contributed by atoms with Crippen molar-refractivity contribution in [2.45, 2.75) is 52.4 Å². The van der Waals surface area contributed by atoms with Crippen molar-refractivity contribution in [1.82, 2.24) is 19.7 Å². The monoisotopic (exact) mass is 393 g/mol. The lowest BCUT2D eigenvalue weighted by molar-refractivity contribution is -0.137. The first-order chi connectivity index (χ1) is 13.3. The number of hydrogen-bond donors (Lipinski definition) is 0. The van der Waals surface area contributed by atoms with Crippen LogP contribution in [-0.4, -0.2) is 38.7 Å². The maximum absolute atomic E-state index is 13.2. The molecule has 0 atom stereocenters. The van der Waals surface area contributed by atoms with Gasteiger partial charge < -0.3 is 9.80 Å². The van der Waals surface area contributed by atoms with Crippen molar-refractivity contribution in [3.63, 3.8) is 0 Å². The molecule has 0 saturated heterocycles. The summed E-state index contributed by atoms with van der Waals surface area (Å²) in [5, 5.41) is 4.71. The van der Waals surface area contributed by atoms with Crippen molar-refractivity contribution in [1.29, 1.82) is 0 Å². The van der Waals surface area contributed by atoms with Crippen LogP contribution in [0.4, 0.5) is 24.7 Å². The Labute approximate surface area is 160 Å². The highest BCUT2D eigenvalue weighted by molar-refractivity contribution is 5.75. The minimum absolute atomic E-state index is 0.0130. The van der Waals surface area contributed by atoms with Crippen LogP contribution in [0, 0.1) is 0 Å². The number of carbonyl (C=O) groups is 1. The number of aryl methyl sites for hydroxylation is 2. The van der Waals surface area contributed by atoms with Crippen LogP contribution in [0.1, 0.15) is 42.8 Å². The van der Waals surface area contributed by atoms with Gasteiger partial charge in [-0.2, -0.15) is 18.3 Å². The van der Waals surface area contributed by atoms with Gasteiger partial charge in [-0.3, -0.25) is 14.5 Å². The topological polar surface area (TPSA) is 54.3 Å². The van der Waals surface area contributed by atoms with Gasteiger partial charge in [0.1, 0.15) is 0 Å². The maximum atomic E-state index is 13.2. The molecule has 28 heavy (non-hydrogen) atoms. The van der Waals surface area contributed by atoms with E-state index in [4.69, 9.17) is 5.10 Å². The summed E-state index contributed by atoms with van der Waals surface area (Å²) >= 11 is 0. The number of alkyl halides is 3. The summed E-state index contributed by atoms with van der Waals surface area (Å²) in [5.41, 5.74) is 2.34. The number of pyridine rings is 1. The molecule has 0 fully saturated rings. The SMILES string of the molecule is CCn1nc(N2CCCc3ncc(C(F)(F)F)cc32)c2c1CCN(C(C)=O)C2. The number of fused-ring (bicyclic) bond motifs is 2. The molecule has 2 aromatic heterocycles. The quantitative estimate of drug-likeness (QED) is 0.786. The van der Waals surface area contributed by atoms with Crippen LogP contribution < -0.4 is 4.90 Å². The lowest BCUT2D eigenvalue weighted by Gasteiger charge is -2.32. The van der Waals surface area contributed by atoms with Crippen molar-refractivity contribution >= 4 is 17.4 Å². The van der Waals surface area contributed by atoms with Gasteiger partial charge in [-0.25, -0.2) is 0 Å². The summed E-state index contributed by atoms with van der Waals surface area (Å²) in [6, 6.07) is 1.17. The molecule has 0 unspecified atom stereocenters. The summed E-state index contributed by atoms with van der Waals surface area (Å²) in [6.07, 6.45) is -1.42. The fraction of sp³-hybridized carbons (Fsp3) is 0.526. The Bertz CT molecular complexity index is 921. The fourth-order valence-electron chi connectivity index (χ4n) is 4.03. The van der Waals surface area contributed by atoms with Gasteiger partial charge in [0.2, 0.25) is 5.91 Å². The Morgan fingerprint density at radius 3 is 2.71 bits per heavy atom. The number of halogens is 3. The van der Waals surface area contributed by atoms with Crippen molar-refractivity contribution in [2.75, 3.05) is 18.0 Å². The summed E-state index contributed by atoms with van der Waals surface area (Å²) < 4.78 is 41.6. The molecule has 9 heteroatoms. The Morgan fingerprint density at radius 1 is 1.25 bits per heavy atom. The average Bonchev–Trinajstić information content (AvgIpc) is 3.04. The minimum Gasteiger partial charge on any atom is -0.338 e. The molecular formula is C19H22F3N5O. The molecule has 4 heterocycles. The highest BCUT2D eigenvalue weighted by Gasteiger charge is 2.35. The van der Waals surface area contributed by atoms with Gasteiger partial charge in [-0.15, -0.1) is 0 Å². The molecule has 2 aliphatic heterocycles. The van der Waals surface area contributed by atoms with Gasteiger partial charge in [0, 0.05) is 50.4 Å². The van der Waals surface area contributed by atoms with E-state index in [0.717, 1.165) is 23.9 Å². The first-order valence-electron chi connectivity index (χ1n) is 9.47. The number of rotatable bonds is 2. The fourth-order valence-corrected chi connectivity index (χ4v) is 4.03. The molecule has 150 valence electrons. The van der Waals surface area contributed by atoms with Crippen molar-refractivity contribution in [2.24, 2.45) is 0 Å². The predicted octanol–water partition coefficient (Wildman–Crippen LogP) is 3.31. The van der Waals surface area contributed by atoms with E-state index in [1.54, 1.807) is 4.90 Å². The number of hydrogen-bond acceptors (Lipinski definition) is 4. The number of nitrogens with zero attached hydrogens (tertiary/aromatic N) is 5. The van der Waals surface area contributed by atoms with Crippen molar-refractivity contribution in [3.8, 4) is 0 Å². The van der Waals surface area contributed by atoms with Gasteiger partial charge in [0.15, 0.2) is 5.82 Å². The van der Waals surface area contributed by atoms with E-state index < -0.39 is 11.7 Å². The zero-order chi connectivity index (χ0) is 20.1. The van der Waals surface area contributed by atoms with Gasteiger partial charge >= 0.3 is 6.18 Å². The molecule has 0 spiro atoms. The second-order valence-electron chi connectivity index (χ2n) is 7.20. The summed E-state index contributed by atoms with van der Waals surface area (Å²) in [5.74, 6) is 0.630. The minimum atomic E-state index is -4.45. The van der Waals surface area contributed by atoms with Gasteiger partial charge in [-0.05, 0) is 25.8 Å².